The molecule has 2 heterocycles. The topological polar surface area (TPSA) is 120 Å². The molecule has 1 fully saturated rings. The van der Waals surface area contributed by atoms with Gasteiger partial charge >= 0.3 is 5.97 Å². The van der Waals surface area contributed by atoms with E-state index in [2.05, 4.69) is 27.0 Å². The van der Waals surface area contributed by atoms with E-state index in [4.69, 9.17) is 23.2 Å². The fourth-order valence-electron chi connectivity index (χ4n) is 5.04. The molecule has 0 radical (unpaired) electrons. The summed E-state index contributed by atoms with van der Waals surface area (Å²) in [6.45, 7) is 0.930. The van der Waals surface area contributed by atoms with Crippen LogP contribution in [0.2, 0.25) is 10.0 Å². The number of anilines is 1. The number of carbonyl (C=O) groups is 3. The van der Waals surface area contributed by atoms with E-state index in [0.29, 0.717) is 54.1 Å². The van der Waals surface area contributed by atoms with Crippen molar-refractivity contribution in [2.24, 2.45) is 5.92 Å². The number of amides is 2. The SMILES string of the molecule is O=C(O)C[C@H](NC(=O)C1CCC(NC(=O)CCc2ccc3c(n2)NCCC3)CC1)c1cc(Cl)cc(Cl)c1. The Morgan fingerprint density at radius 3 is 2.51 bits per heavy atom. The van der Waals surface area contributed by atoms with E-state index in [-0.39, 0.29) is 30.2 Å². The van der Waals surface area contributed by atoms with Crippen molar-refractivity contribution < 1.29 is 19.5 Å². The first-order valence-electron chi connectivity index (χ1n) is 12.8. The average Bonchev–Trinajstić information content (AvgIpc) is 2.86. The molecule has 1 saturated carbocycles. The summed E-state index contributed by atoms with van der Waals surface area (Å²) >= 11 is 12.1. The number of aromatic nitrogens is 1. The van der Waals surface area contributed by atoms with Crippen molar-refractivity contribution in [2.45, 2.75) is 69.9 Å². The second-order valence-corrected chi connectivity index (χ2v) is 10.7. The molecule has 4 N–H and O–H groups in total. The van der Waals surface area contributed by atoms with Crippen LogP contribution in [0.5, 0.6) is 0 Å². The quantitative estimate of drug-likeness (QED) is 0.362. The molecule has 1 atom stereocenters. The van der Waals surface area contributed by atoms with Gasteiger partial charge in [0.15, 0.2) is 0 Å². The number of rotatable bonds is 9. The molecule has 2 aromatic rings. The highest BCUT2D eigenvalue weighted by atomic mass is 35.5. The van der Waals surface area contributed by atoms with E-state index in [1.807, 2.05) is 6.07 Å². The van der Waals surface area contributed by atoms with Crippen LogP contribution in [0.3, 0.4) is 0 Å². The summed E-state index contributed by atoms with van der Waals surface area (Å²) < 4.78 is 0. The van der Waals surface area contributed by atoms with Gasteiger partial charge in [-0.05, 0) is 80.3 Å². The van der Waals surface area contributed by atoms with Crippen LogP contribution in [0.15, 0.2) is 30.3 Å². The number of hydrogen-bond acceptors (Lipinski definition) is 5. The minimum atomic E-state index is -1.03. The van der Waals surface area contributed by atoms with E-state index >= 15 is 0 Å². The van der Waals surface area contributed by atoms with Gasteiger partial charge in [-0.2, -0.15) is 0 Å². The van der Waals surface area contributed by atoms with E-state index < -0.39 is 12.0 Å². The van der Waals surface area contributed by atoms with Gasteiger partial charge in [-0.1, -0.05) is 29.3 Å². The zero-order chi connectivity index (χ0) is 26.4. The summed E-state index contributed by atoms with van der Waals surface area (Å²) in [6.07, 6.45) is 5.43. The molecular formula is C27H32Cl2N4O4. The highest BCUT2D eigenvalue weighted by Gasteiger charge is 2.29. The Morgan fingerprint density at radius 2 is 1.81 bits per heavy atom. The van der Waals surface area contributed by atoms with Crippen molar-refractivity contribution in [3.05, 3.63) is 57.2 Å². The number of carboxylic acid groups (broad SMARTS) is 1. The molecule has 10 heteroatoms. The van der Waals surface area contributed by atoms with E-state index in [1.165, 1.54) is 5.56 Å². The van der Waals surface area contributed by atoms with Crippen molar-refractivity contribution in [3.8, 4) is 0 Å². The third kappa shape index (κ3) is 7.82. The van der Waals surface area contributed by atoms with Crippen molar-refractivity contribution in [1.29, 1.82) is 0 Å². The maximum atomic E-state index is 13.0. The van der Waals surface area contributed by atoms with Crippen molar-refractivity contribution in [1.82, 2.24) is 15.6 Å². The molecule has 0 unspecified atom stereocenters. The maximum Gasteiger partial charge on any atom is 0.305 e. The van der Waals surface area contributed by atoms with Gasteiger partial charge in [0.25, 0.3) is 0 Å². The first-order chi connectivity index (χ1) is 17.8. The average molecular weight is 547 g/mol. The van der Waals surface area contributed by atoms with Gasteiger partial charge in [-0.15, -0.1) is 0 Å². The minimum absolute atomic E-state index is 0.0141. The van der Waals surface area contributed by atoms with Crippen LogP contribution < -0.4 is 16.0 Å². The normalized spacial score (nSPS) is 19.7. The van der Waals surface area contributed by atoms with Crippen LogP contribution in [-0.4, -0.2) is 40.5 Å². The molecule has 2 aliphatic rings. The lowest BCUT2D eigenvalue weighted by Crippen LogP contribution is -2.42. The zero-order valence-electron chi connectivity index (χ0n) is 20.6. The summed E-state index contributed by atoms with van der Waals surface area (Å²) in [6, 6.07) is 8.17. The van der Waals surface area contributed by atoms with Crippen LogP contribution in [0, 0.1) is 5.92 Å². The van der Waals surface area contributed by atoms with Crippen LogP contribution in [-0.2, 0) is 27.2 Å². The molecule has 8 nitrogen and oxygen atoms in total. The first-order valence-corrected chi connectivity index (χ1v) is 13.5. The number of aryl methyl sites for hydroxylation is 2. The fourth-order valence-corrected chi connectivity index (χ4v) is 5.59. The Morgan fingerprint density at radius 1 is 1.08 bits per heavy atom. The number of nitrogens with one attached hydrogen (secondary N) is 3. The molecule has 198 valence electrons. The lowest BCUT2D eigenvalue weighted by molar-refractivity contribution is -0.138. The molecule has 1 aliphatic heterocycles. The van der Waals surface area contributed by atoms with Crippen molar-refractivity contribution in [3.63, 3.8) is 0 Å². The predicted octanol–water partition coefficient (Wildman–Crippen LogP) is 4.69. The molecule has 2 amide bonds. The molecule has 1 aliphatic carbocycles. The summed E-state index contributed by atoms with van der Waals surface area (Å²) in [4.78, 5) is 41.5. The first kappa shape index (κ1) is 27.2. The van der Waals surface area contributed by atoms with Crippen molar-refractivity contribution in [2.75, 3.05) is 11.9 Å². The summed E-state index contributed by atoms with van der Waals surface area (Å²) in [5.41, 5.74) is 2.69. The van der Waals surface area contributed by atoms with Gasteiger partial charge < -0.3 is 21.1 Å². The molecule has 0 bridgehead atoms. The largest absolute Gasteiger partial charge is 0.481 e. The highest BCUT2D eigenvalue weighted by Crippen LogP contribution is 2.29. The van der Waals surface area contributed by atoms with Crippen molar-refractivity contribution >= 4 is 46.8 Å². The number of aliphatic carboxylic acids is 1. The monoisotopic (exact) mass is 546 g/mol. The van der Waals surface area contributed by atoms with E-state index in [0.717, 1.165) is 30.9 Å². The molecule has 37 heavy (non-hydrogen) atoms. The molecule has 1 aromatic carbocycles. The molecule has 1 aromatic heterocycles. The molecule has 0 saturated heterocycles. The van der Waals surface area contributed by atoms with Gasteiger partial charge in [-0.25, -0.2) is 4.98 Å². The third-order valence-corrected chi connectivity index (χ3v) is 7.44. The maximum absolute atomic E-state index is 13.0. The molecule has 0 spiro atoms. The van der Waals surface area contributed by atoms with E-state index in [1.54, 1.807) is 18.2 Å². The second-order valence-electron chi connectivity index (χ2n) is 9.82. The smallest absolute Gasteiger partial charge is 0.305 e. The highest BCUT2D eigenvalue weighted by molar-refractivity contribution is 6.34. The number of fused-ring (bicyclic) bond motifs is 1. The number of carbonyl (C=O) groups excluding carboxylic acids is 2. The van der Waals surface area contributed by atoms with Crippen LogP contribution in [0.25, 0.3) is 0 Å². The summed E-state index contributed by atoms with van der Waals surface area (Å²) in [5, 5.41) is 19.4. The Kier molecular flexibility index (Phi) is 9.27. The summed E-state index contributed by atoms with van der Waals surface area (Å²) in [7, 11) is 0. The number of carboxylic acids is 1. The summed E-state index contributed by atoms with van der Waals surface area (Å²) in [5.74, 6) is -0.551. The van der Waals surface area contributed by atoms with Crippen LogP contribution >= 0.6 is 23.2 Å². The molecular weight excluding hydrogens is 515 g/mol. The molecule has 4 rings (SSSR count). The van der Waals surface area contributed by atoms with Crippen LogP contribution in [0.4, 0.5) is 5.82 Å². The Balaban J connectivity index is 1.24. The number of halogens is 2. The standard InChI is InChI=1S/C27H32Cl2N4O4/c28-19-12-18(13-20(29)14-19)23(15-25(35)36)33-27(37)17-4-7-21(8-5-17)31-24(34)10-9-22-6-3-16-2-1-11-30-26(16)32-22/h3,6,12-14,17,21,23H,1-2,4-5,7-11,15H2,(H,30,32)(H,31,34)(H,33,37)(H,35,36)/t17?,21?,23-/m0/s1. The number of nitrogens with zero attached hydrogens (tertiary/aromatic N) is 1. The fraction of sp³-hybridized carbons (Fsp3) is 0.481. The minimum Gasteiger partial charge on any atom is -0.481 e. The zero-order valence-corrected chi connectivity index (χ0v) is 22.1. The van der Waals surface area contributed by atoms with Gasteiger partial charge in [0.05, 0.1) is 12.5 Å². The van der Waals surface area contributed by atoms with E-state index in [9.17, 15) is 19.5 Å². The Hall–Kier alpha value is -2.84. The number of pyridine rings is 1. The van der Waals surface area contributed by atoms with Gasteiger partial charge in [-0.3, -0.25) is 14.4 Å². The van der Waals surface area contributed by atoms with Crippen LogP contribution in [0.1, 0.15) is 67.8 Å². The third-order valence-electron chi connectivity index (χ3n) is 7.01. The number of benzene rings is 1. The van der Waals surface area contributed by atoms with Gasteiger partial charge in [0.2, 0.25) is 11.8 Å². The van der Waals surface area contributed by atoms with Gasteiger partial charge in [0, 0.05) is 40.7 Å². The Labute approximate surface area is 226 Å². The number of hydrogen-bond donors (Lipinski definition) is 4. The lowest BCUT2D eigenvalue weighted by atomic mass is 9.85. The van der Waals surface area contributed by atoms with Gasteiger partial charge in [0.1, 0.15) is 5.82 Å². The lowest BCUT2D eigenvalue weighted by Gasteiger charge is -2.30. The Bertz CT molecular complexity index is 1130. The predicted molar refractivity (Wildman–Crippen MR) is 143 cm³/mol. The second kappa shape index (κ2) is 12.6.